The van der Waals surface area contributed by atoms with E-state index in [1.165, 1.54) is 0 Å². The second-order valence-corrected chi connectivity index (χ2v) is 8.05. The van der Waals surface area contributed by atoms with Crippen LogP contribution in [0.5, 0.6) is 0 Å². The number of carbonyl (C=O) groups excluding carboxylic acids is 2. The van der Waals surface area contributed by atoms with Gasteiger partial charge < -0.3 is 14.8 Å². The Morgan fingerprint density at radius 1 is 1.39 bits per heavy atom. The standard InChI is InChI=1S/C17H18INO4/c18-14-11-6-7-17(12(8-11)23-15(20)13(14)17)19-16(21)22-9-10-4-2-1-3-5-10/h1-5,11-14H,6-9H2,(H,19,21)/t11-,12-,13+,14+,17+/m1/s1. The molecule has 1 aliphatic heterocycles. The number of nitrogens with one attached hydrogen (secondary N) is 1. The van der Waals surface area contributed by atoms with E-state index in [2.05, 4.69) is 27.9 Å². The van der Waals surface area contributed by atoms with E-state index in [0.29, 0.717) is 5.92 Å². The number of halogens is 1. The SMILES string of the molecule is O=C(N[C@@]12CC[C@@H]3C[C@H]1OC(=O)[C@@H]2[C@H]3I)OCc1ccccc1. The van der Waals surface area contributed by atoms with Gasteiger partial charge in [0.15, 0.2) is 0 Å². The number of ether oxygens (including phenoxy) is 2. The van der Waals surface area contributed by atoms with Gasteiger partial charge in [0.1, 0.15) is 12.7 Å². The summed E-state index contributed by atoms with van der Waals surface area (Å²) < 4.78 is 11.1. The monoisotopic (exact) mass is 427 g/mol. The number of alkyl carbamates (subject to hydrolysis) is 1. The minimum Gasteiger partial charge on any atom is -0.460 e. The Labute approximate surface area is 148 Å². The summed E-state index contributed by atoms with van der Waals surface area (Å²) in [6, 6.07) is 9.56. The zero-order valence-electron chi connectivity index (χ0n) is 12.5. The van der Waals surface area contributed by atoms with Gasteiger partial charge in [-0.1, -0.05) is 52.9 Å². The Morgan fingerprint density at radius 2 is 2.17 bits per heavy atom. The van der Waals surface area contributed by atoms with Crippen LogP contribution in [-0.2, 0) is 20.9 Å². The first-order valence-electron chi connectivity index (χ1n) is 7.93. The van der Waals surface area contributed by atoms with Crippen molar-refractivity contribution in [2.45, 2.75) is 41.4 Å². The summed E-state index contributed by atoms with van der Waals surface area (Å²) in [5.74, 6) is 0.103. The number of alkyl halides is 1. The zero-order valence-corrected chi connectivity index (χ0v) is 14.7. The normalized spacial score (nSPS) is 37.3. The molecule has 4 aliphatic rings. The first-order chi connectivity index (χ1) is 11.1. The average Bonchev–Trinajstić information content (AvgIpc) is 2.77. The van der Waals surface area contributed by atoms with E-state index in [0.717, 1.165) is 24.8 Å². The molecule has 1 heterocycles. The Balaban J connectivity index is 1.47. The Hall–Kier alpha value is -1.31. The molecule has 0 spiro atoms. The van der Waals surface area contributed by atoms with E-state index >= 15 is 0 Å². The molecule has 5 atom stereocenters. The van der Waals surface area contributed by atoms with Crippen LogP contribution in [0.4, 0.5) is 4.79 Å². The molecule has 0 unspecified atom stereocenters. The van der Waals surface area contributed by atoms with E-state index in [1.807, 2.05) is 30.3 Å². The number of rotatable bonds is 3. The third kappa shape index (κ3) is 2.42. The molecule has 5 rings (SSSR count). The fourth-order valence-electron chi connectivity index (χ4n) is 4.27. The lowest BCUT2D eigenvalue weighted by Gasteiger charge is -2.51. The number of benzene rings is 1. The maximum absolute atomic E-state index is 12.3. The van der Waals surface area contributed by atoms with Gasteiger partial charge in [-0.05, 0) is 30.7 Å². The number of hydrogen-bond acceptors (Lipinski definition) is 4. The quantitative estimate of drug-likeness (QED) is 0.458. The van der Waals surface area contributed by atoms with E-state index in [9.17, 15) is 9.59 Å². The van der Waals surface area contributed by atoms with Crippen LogP contribution in [0.15, 0.2) is 30.3 Å². The molecule has 1 amide bonds. The van der Waals surface area contributed by atoms with Crippen LogP contribution in [0.2, 0.25) is 0 Å². The fourth-order valence-corrected chi connectivity index (χ4v) is 5.86. The fraction of sp³-hybridized carbons (Fsp3) is 0.529. The molecule has 6 heteroatoms. The predicted molar refractivity (Wildman–Crippen MR) is 91.0 cm³/mol. The lowest BCUT2D eigenvalue weighted by molar-refractivity contribution is -0.143. The first kappa shape index (κ1) is 15.2. The zero-order chi connectivity index (χ0) is 16.0. The number of hydrogen-bond donors (Lipinski definition) is 1. The van der Waals surface area contributed by atoms with Gasteiger partial charge in [-0.3, -0.25) is 4.79 Å². The van der Waals surface area contributed by atoms with Crippen LogP contribution in [0.1, 0.15) is 24.8 Å². The van der Waals surface area contributed by atoms with Crippen molar-refractivity contribution in [1.29, 1.82) is 0 Å². The summed E-state index contributed by atoms with van der Waals surface area (Å²) in [5.41, 5.74) is 0.362. The van der Waals surface area contributed by atoms with Crippen molar-refractivity contribution in [3.05, 3.63) is 35.9 Å². The van der Waals surface area contributed by atoms with E-state index in [-0.39, 0.29) is 28.5 Å². The van der Waals surface area contributed by atoms with E-state index < -0.39 is 11.6 Å². The van der Waals surface area contributed by atoms with E-state index in [4.69, 9.17) is 9.47 Å². The second kappa shape index (κ2) is 5.65. The number of carbonyl (C=O) groups is 2. The highest BCUT2D eigenvalue weighted by Gasteiger charge is 2.67. The van der Waals surface area contributed by atoms with Crippen LogP contribution in [0.3, 0.4) is 0 Å². The summed E-state index contributed by atoms with van der Waals surface area (Å²) >= 11 is 2.35. The smallest absolute Gasteiger partial charge is 0.408 e. The molecule has 1 N–H and O–H groups in total. The maximum atomic E-state index is 12.3. The van der Waals surface area contributed by atoms with Gasteiger partial charge in [0, 0.05) is 3.92 Å². The summed E-state index contributed by atoms with van der Waals surface area (Å²) in [5, 5.41) is 3.00. The first-order valence-corrected chi connectivity index (χ1v) is 9.18. The number of amides is 1. The topological polar surface area (TPSA) is 64.6 Å². The summed E-state index contributed by atoms with van der Waals surface area (Å²) in [6.07, 6.45) is 1.99. The van der Waals surface area contributed by atoms with Crippen molar-refractivity contribution in [1.82, 2.24) is 5.32 Å². The Bertz CT molecular complexity index is 637. The number of esters is 1. The van der Waals surface area contributed by atoms with Crippen LogP contribution in [-0.4, -0.2) is 27.6 Å². The van der Waals surface area contributed by atoms with Gasteiger partial charge in [-0.25, -0.2) is 4.79 Å². The minimum atomic E-state index is -0.578. The molecule has 4 bridgehead atoms. The van der Waals surface area contributed by atoms with Gasteiger partial charge in [-0.15, -0.1) is 0 Å². The lowest BCUT2D eigenvalue weighted by atomic mass is 9.60. The van der Waals surface area contributed by atoms with Gasteiger partial charge in [0.25, 0.3) is 0 Å². The van der Waals surface area contributed by atoms with Crippen molar-refractivity contribution in [2.24, 2.45) is 11.8 Å². The largest absolute Gasteiger partial charge is 0.460 e. The third-order valence-corrected chi connectivity index (χ3v) is 7.14. The highest BCUT2D eigenvalue weighted by Crippen LogP contribution is 2.56. The minimum absolute atomic E-state index is 0.167. The van der Waals surface area contributed by atoms with Gasteiger partial charge in [0.2, 0.25) is 0 Å². The molecule has 3 saturated carbocycles. The molecular formula is C17H18INO4. The molecule has 0 radical (unpaired) electrons. The molecule has 1 aromatic carbocycles. The van der Waals surface area contributed by atoms with Crippen LogP contribution in [0, 0.1) is 11.8 Å². The molecule has 3 aliphatic carbocycles. The highest BCUT2D eigenvalue weighted by molar-refractivity contribution is 14.1. The van der Waals surface area contributed by atoms with Crippen LogP contribution < -0.4 is 5.32 Å². The second-order valence-electron chi connectivity index (χ2n) is 6.61. The maximum Gasteiger partial charge on any atom is 0.408 e. The molecule has 23 heavy (non-hydrogen) atoms. The van der Waals surface area contributed by atoms with Gasteiger partial charge >= 0.3 is 12.1 Å². The highest BCUT2D eigenvalue weighted by atomic mass is 127. The lowest BCUT2D eigenvalue weighted by Crippen LogP contribution is -2.67. The van der Waals surface area contributed by atoms with Gasteiger partial charge in [0.05, 0.1) is 11.5 Å². The molecule has 1 aromatic rings. The van der Waals surface area contributed by atoms with E-state index in [1.54, 1.807) is 0 Å². The van der Waals surface area contributed by atoms with Crippen molar-refractivity contribution in [3.63, 3.8) is 0 Å². The molecule has 1 saturated heterocycles. The summed E-state index contributed by atoms with van der Waals surface area (Å²) in [6.45, 7) is 0.225. The molecular weight excluding hydrogens is 409 g/mol. The molecule has 4 fully saturated rings. The van der Waals surface area contributed by atoms with Crippen molar-refractivity contribution in [3.8, 4) is 0 Å². The Morgan fingerprint density at radius 3 is 2.96 bits per heavy atom. The van der Waals surface area contributed by atoms with Crippen molar-refractivity contribution < 1.29 is 19.1 Å². The van der Waals surface area contributed by atoms with Crippen molar-refractivity contribution >= 4 is 34.7 Å². The predicted octanol–water partition coefficient (Wildman–Crippen LogP) is 2.81. The average molecular weight is 427 g/mol. The van der Waals surface area contributed by atoms with Crippen LogP contribution in [0.25, 0.3) is 0 Å². The summed E-state index contributed by atoms with van der Waals surface area (Å²) in [4.78, 5) is 24.5. The molecule has 0 aromatic heterocycles. The van der Waals surface area contributed by atoms with Crippen molar-refractivity contribution in [2.75, 3.05) is 0 Å². The Kier molecular flexibility index (Phi) is 3.74. The third-order valence-electron chi connectivity index (χ3n) is 5.40. The molecule has 5 nitrogen and oxygen atoms in total. The van der Waals surface area contributed by atoms with Crippen LogP contribution >= 0.6 is 22.6 Å². The number of fused-ring (bicyclic) bond motifs is 1. The summed E-state index contributed by atoms with van der Waals surface area (Å²) in [7, 11) is 0. The van der Waals surface area contributed by atoms with Gasteiger partial charge in [-0.2, -0.15) is 0 Å². The molecule has 122 valence electrons.